The van der Waals surface area contributed by atoms with E-state index < -0.39 is 0 Å². The number of benzene rings is 1. The molecule has 4 rings (SSSR count). The van der Waals surface area contributed by atoms with Gasteiger partial charge in [0.2, 0.25) is 0 Å². The van der Waals surface area contributed by atoms with Crippen molar-refractivity contribution >= 4 is 35.6 Å². The molecule has 32 heavy (non-hydrogen) atoms. The Morgan fingerprint density at radius 2 is 1.78 bits per heavy atom. The quantitative estimate of drug-likeness (QED) is 0.330. The number of para-hydroxylation sites is 1. The van der Waals surface area contributed by atoms with E-state index in [9.17, 15) is 0 Å². The first-order valence-corrected chi connectivity index (χ1v) is 12.1. The number of piperazine rings is 1. The number of aliphatic imine (C=N–C) groups is 1. The van der Waals surface area contributed by atoms with Crippen molar-refractivity contribution in [2.24, 2.45) is 4.99 Å². The maximum Gasteiger partial charge on any atom is 0.194 e. The number of rotatable bonds is 6. The van der Waals surface area contributed by atoms with Crippen LogP contribution in [0.25, 0.3) is 0 Å². The molecule has 3 heterocycles. The van der Waals surface area contributed by atoms with Crippen LogP contribution in [-0.2, 0) is 4.74 Å². The summed E-state index contributed by atoms with van der Waals surface area (Å²) < 4.78 is 5.53. The van der Waals surface area contributed by atoms with Crippen molar-refractivity contribution < 1.29 is 4.74 Å². The number of guanidine groups is 1. The molecular formula is C24H41IN6O. The van der Waals surface area contributed by atoms with Crippen LogP contribution in [0.2, 0.25) is 0 Å². The van der Waals surface area contributed by atoms with E-state index in [0.717, 1.165) is 84.6 Å². The third-order valence-electron chi connectivity index (χ3n) is 6.92. The summed E-state index contributed by atoms with van der Waals surface area (Å²) in [5, 5.41) is 3.54. The van der Waals surface area contributed by atoms with E-state index in [2.05, 4.69) is 69.1 Å². The molecule has 1 aromatic rings. The highest BCUT2D eigenvalue weighted by atomic mass is 127. The predicted molar refractivity (Wildman–Crippen MR) is 143 cm³/mol. The van der Waals surface area contributed by atoms with Gasteiger partial charge in [0, 0.05) is 76.7 Å². The molecule has 0 aliphatic carbocycles. The lowest BCUT2D eigenvalue weighted by Gasteiger charge is -2.38. The molecule has 3 saturated heterocycles. The van der Waals surface area contributed by atoms with Gasteiger partial charge in [-0.2, -0.15) is 0 Å². The normalized spacial score (nSPS) is 24.3. The largest absolute Gasteiger partial charge is 0.379 e. The number of nitrogens with one attached hydrogen (secondary N) is 1. The van der Waals surface area contributed by atoms with Crippen LogP contribution >= 0.6 is 24.0 Å². The van der Waals surface area contributed by atoms with Crippen molar-refractivity contribution in [1.82, 2.24) is 20.0 Å². The van der Waals surface area contributed by atoms with Crippen LogP contribution in [0.15, 0.2) is 35.3 Å². The Kier molecular flexibility index (Phi) is 10.3. The van der Waals surface area contributed by atoms with Gasteiger partial charge >= 0.3 is 0 Å². The highest BCUT2D eigenvalue weighted by molar-refractivity contribution is 14.0. The molecule has 1 aromatic carbocycles. The van der Waals surface area contributed by atoms with Crippen molar-refractivity contribution in [3.63, 3.8) is 0 Å². The van der Waals surface area contributed by atoms with Crippen LogP contribution in [0.5, 0.6) is 0 Å². The summed E-state index contributed by atoms with van der Waals surface area (Å²) in [5.41, 5.74) is 1.34. The molecule has 180 valence electrons. The lowest BCUT2D eigenvalue weighted by Crippen LogP contribution is -2.51. The molecule has 0 bridgehead atoms. The van der Waals surface area contributed by atoms with Crippen LogP contribution in [0, 0.1) is 0 Å². The number of nitrogens with zero attached hydrogens (tertiary/aromatic N) is 5. The van der Waals surface area contributed by atoms with Crippen molar-refractivity contribution in [3.05, 3.63) is 30.3 Å². The lowest BCUT2D eigenvalue weighted by atomic mass is 10.2. The monoisotopic (exact) mass is 556 g/mol. The first-order chi connectivity index (χ1) is 15.2. The van der Waals surface area contributed by atoms with Crippen LogP contribution in [0.4, 0.5) is 5.69 Å². The highest BCUT2D eigenvalue weighted by Gasteiger charge is 2.30. The third kappa shape index (κ3) is 6.71. The minimum atomic E-state index is 0. The molecule has 0 spiro atoms. The van der Waals surface area contributed by atoms with Gasteiger partial charge in [0.25, 0.3) is 0 Å². The zero-order valence-corrected chi connectivity index (χ0v) is 22.1. The maximum absolute atomic E-state index is 5.53. The molecular weight excluding hydrogens is 515 g/mol. The van der Waals surface area contributed by atoms with E-state index >= 15 is 0 Å². The summed E-state index contributed by atoms with van der Waals surface area (Å²) >= 11 is 0. The molecule has 1 N–H and O–H groups in total. The number of morpholine rings is 1. The van der Waals surface area contributed by atoms with Gasteiger partial charge in [-0.3, -0.25) is 14.8 Å². The van der Waals surface area contributed by atoms with Crippen LogP contribution < -0.4 is 10.2 Å². The van der Waals surface area contributed by atoms with Gasteiger partial charge in [0.15, 0.2) is 5.96 Å². The fourth-order valence-corrected chi connectivity index (χ4v) is 4.99. The molecule has 0 amide bonds. The first-order valence-electron chi connectivity index (χ1n) is 12.1. The molecule has 3 aliphatic rings. The topological polar surface area (TPSA) is 46.6 Å². The molecule has 8 heteroatoms. The van der Waals surface area contributed by atoms with Gasteiger partial charge in [0.05, 0.1) is 19.8 Å². The van der Waals surface area contributed by atoms with E-state index in [4.69, 9.17) is 9.73 Å². The van der Waals surface area contributed by atoms with E-state index in [1.807, 2.05) is 0 Å². The van der Waals surface area contributed by atoms with E-state index in [-0.39, 0.29) is 24.0 Å². The summed E-state index contributed by atoms with van der Waals surface area (Å²) in [6, 6.07) is 11.9. The molecule has 2 unspecified atom stereocenters. The van der Waals surface area contributed by atoms with Crippen molar-refractivity contribution in [2.45, 2.75) is 32.4 Å². The Morgan fingerprint density at radius 1 is 1.06 bits per heavy atom. The van der Waals surface area contributed by atoms with E-state index in [0.29, 0.717) is 12.1 Å². The second-order valence-electron chi connectivity index (χ2n) is 8.94. The molecule has 0 radical (unpaired) electrons. The van der Waals surface area contributed by atoms with Crippen LogP contribution in [0.1, 0.15) is 20.3 Å². The number of ether oxygens (including phenoxy) is 1. The van der Waals surface area contributed by atoms with Gasteiger partial charge in [-0.25, -0.2) is 0 Å². The second-order valence-corrected chi connectivity index (χ2v) is 8.94. The summed E-state index contributed by atoms with van der Waals surface area (Å²) in [5.74, 6) is 1.09. The average Bonchev–Trinajstić information content (AvgIpc) is 3.33. The number of anilines is 1. The minimum absolute atomic E-state index is 0. The predicted octanol–water partition coefficient (Wildman–Crippen LogP) is 2.19. The SMILES string of the molecule is CCNC(=NCC(C)N1CCN(c2ccccc2)CC1)N1CCC(N2CCOCC2)C1.I. The second kappa shape index (κ2) is 13.0. The molecule has 2 atom stereocenters. The van der Waals surface area contributed by atoms with Gasteiger partial charge in [0.1, 0.15) is 0 Å². The van der Waals surface area contributed by atoms with Gasteiger partial charge < -0.3 is 19.9 Å². The first kappa shape index (κ1) is 25.5. The Labute approximate surface area is 211 Å². The molecule has 3 aliphatic heterocycles. The van der Waals surface area contributed by atoms with Crippen LogP contribution in [0.3, 0.4) is 0 Å². The number of hydrogen-bond donors (Lipinski definition) is 1. The summed E-state index contributed by atoms with van der Waals surface area (Å²) in [6.45, 7) is 16.7. The average molecular weight is 557 g/mol. The number of halogens is 1. The molecule has 3 fully saturated rings. The van der Waals surface area contributed by atoms with Gasteiger partial charge in [-0.15, -0.1) is 24.0 Å². The van der Waals surface area contributed by atoms with E-state index in [1.165, 1.54) is 12.1 Å². The van der Waals surface area contributed by atoms with Crippen molar-refractivity contribution in [1.29, 1.82) is 0 Å². The van der Waals surface area contributed by atoms with E-state index in [1.54, 1.807) is 0 Å². The zero-order chi connectivity index (χ0) is 21.5. The minimum Gasteiger partial charge on any atom is -0.379 e. The smallest absolute Gasteiger partial charge is 0.194 e. The zero-order valence-electron chi connectivity index (χ0n) is 19.8. The lowest BCUT2D eigenvalue weighted by molar-refractivity contribution is 0.0195. The fourth-order valence-electron chi connectivity index (χ4n) is 4.99. The fraction of sp³-hybridized carbons (Fsp3) is 0.708. The molecule has 7 nitrogen and oxygen atoms in total. The third-order valence-corrected chi connectivity index (χ3v) is 6.92. The Balaban J connectivity index is 0.00000289. The van der Waals surface area contributed by atoms with Gasteiger partial charge in [-0.05, 0) is 32.4 Å². The Morgan fingerprint density at radius 3 is 2.47 bits per heavy atom. The highest BCUT2D eigenvalue weighted by Crippen LogP contribution is 2.18. The maximum atomic E-state index is 5.53. The molecule has 0 aromatic heterocycles. The standard InChI is InChI=1S/C24H40N6O.HI/c1-3-25-24(30-10-9-23(20-30)29-15-17-31-18-16-29)26-19-21(2)27-11-13-28(14-12-27)22-7-5-4-6-8-22;/h4-8,21,23H,3,9-20H2,1-2H3,(H,25,26);1H. The Bertz CT molecular complexity index is 691. The van der Waals surface area contributed by atoms with Crippen molar-refractivity contribution in [3.8, 4) is 0 Å². The van der Waals surface area contributed by atoms with Crippen molar-refractivity contribution in [2.75, 3.05) is 83.6 Å². The summed E-state index contributed by atoms with van der Waals surface area (Å²) in [4.78, 5) is 15.2. The number of likely N-dealkylation sites (tertiary alicyclic amines) is 1. The number of hydrogen-bond acceptors (Lipinski definition) is 5. The Hall–Kier alpha value is -1.10. The summed E-state index contributed by atoms with van der Waals surface area (Å²) in [6.07, 6.45) is 1.22. The van der Waals surface area contributed by atoms with Crippen LogP contribution in [-0.4, -0.2) is 111 Å². The molecule has 0 saturated carbocycles. The van der Waals surface area contributed by atoms with Gasteiger partial charge in [-0.1, -0.05) is 18.2 Å². The summed E-state index contributed by atoms with van der Waals surface area (Å²) in [7, 11) is 0.